The summed E-state index contributed by atoms with van der Waals surface area (Å²) in [5, 5.41) is 35.9. The maximum atomic E-state index is 11.3. The van der Waals surface area contributed by atoms with Gasteiger partial charge < -0.3 is 20.8 Å². The normalized spacial score (nSPS) is 16.7. The molecule has 2 aromatic rings. The number of nitrogens with one attached hydrogen (secondary N) is 2. The fourth-order valence-electron chi connectivity index (χ4n) is 3.69. The average molecular weight is 379 g/mol. The number of benzene rings is 2. The lowest BCUT2D eigenvalue weighted by Crippen LogP contribution is -2.50. The van der Waals surface area contributed by atoms with Gasteiger partial charge in [0.1, 0.15) is 0 Å². The predicted molar refractivity (Wildman–Crippen MR) is 107 cm³/mol. The van der Waals surface area contributed by atoms with Crippen molar-refractivity contribution in [3.05, 3.63) is 65.2 Å². The first-order valence-corrected chi connectivity index (χ1v) is 9.49. The van der Waals surface area contributed by atoms with E-state index in [0.29, 0.717) is 31.4 Å². The van der Waals surface area contributed by atoms with Crippen LogP contribution < -0.4 is 10.6 Å². The zero-order chi connectivity index (χ0) is 20.0. The molecular formula is C22H25N3O3. The number of aliphatic hydroxyl groups is 1. The number of carbonyl (C=O) groups is 1. The van der Waals surface area contributed by atoms with Crippen LogP contribution in [0.25, 0.3) is 0 Å². The number of carboxylic acid groups (broad SMARTS) is 1. The van der Waals surface area contributed by atoms with Gasteiger partial charge in [-0.05, 0) is 74.3 Å². The zero-order valence-electron chi connectivity index (χ0n) is 15.7. The molecule has 0 aliphatic carbocycles. The molecule has 28 heavy (non-hydrogen) atoms. The maximum absolute atomic E-state index is 11.3. The second kappa shape index (κ2) is 8.87. The van der Waals surface area contributed by atoms with E-state index in [4.69, 9.17) is 10.4 Å². The summed E-state index contributed by atoms with van der Waals surface area (Å²) in [4.78, 5) is 11.0. The quantitative estimate of drug-likeness (QED) is 0.589. The van der Waals surface area contributed by atoms with Crippen LogP contribution in [0, 0.1) is 17.2 Å². The van der Waals surface area contributed by atoms with Crippen molar-refractivity contribution >= 4 is 11.7 Å². The molecule has 1 heterocycles. The number of carboxylic acids is 1. The summed E-state index contributed by atoms with van der Waals surface area (Å²) in [7, 11) is 0. The Bertz CT molecular complexity index is 835. The summed E-state index contributed by atoms with van der Waals surface area (Å²) in [5.74, 6) is -0.962. The second-order valence-electron chi connectivity index (χ2n) is 7.33. The highest BCUT2D eigenvalue weighted by Gasteiger charge is 2.37. The maximum Gasteiger partial charge on any atom is 0.335 e. The number of nitriles is 1. The predicted octanol–water partition coefficient (Wildman–Crippen LogP) is 2.64. The Labute approximate surface area is 164 Å². The van der Waals surface area contributed by atoms with Crippen molar-refractivity contribution in [2.45, 2.75) is 24.9 Å². The van der Waals surface area contributed by atoms with E-state index in [2.05, 4.69) is 16.7 Å². The number of rotatable bonds is 7. The van der Waals surface area contributed by atoms with Gasteiger partial charge in [0.2, 0.25) is 0 Å². The van der Waals surface area contributed by atoms with Crippen molar-refractivity contribution in [1.29, 1.82) is 5.26 Å². The topological polar surface area (TPSA) is 105 Å². The monoisotopic (exact) mass is 379 g/mol. The van der Waals surface area contributed by atoms with Crippen molar-refractivity contribution < 1.29 is 15.0 Å². The van der Waals surface area contributed by atoms with Crippen LogP contribution in [0.5, 0.6) is 0 Å². The van der Waals surface area contributed by atoms with Crippen LogP contribution in [-0.4, -0.2) is 41.4 Å². The summed E-state index contributed by atoms with van der Waals surface area (Å²) in [6.45, 7) is 2.14. The van der Waals surface area contributed by atoms with Gasteiger partial charge in [-0.1, -0.05) is 12.1 Å². The molecule has 0 radical (unpaired) electrons. The molecule has 0 amide bonds. The summed E-state index contributed by atoms with van der Waals surface area (Å²) in [5.41, 5.74) is 2.01. The number of hydrogen-bond donors (Lipinski definition) is 4. The molecule has 4 N–H and O–H groups in total. The van der Waals surface area contributed by atoms with E-state index < -0.39 is 11.6 Å². The molecule has 0 saturated carbocycles. The Kier molecular flexibility index (Phi) is 6.30. The van der Waals surface area contributed by atoms with Gasteiger partial charge in [0.15, 0.2) is 0 Å². The van der Waals surface area contributed by atoms with E-state index in [1.807, 2.05) is 12.1 Å². The highest BCUT2D eigenvalue weighted by atomic mass is 16.4. The summed E-state index contributed by atoms with van der Waals surface area (Å²) >= 11 is 0. The standard InChI is InChI=1S/C22H25N3O3/c23-14-17-3-1-16(2-4-17)13-19(22(28)9-11-24-12-10-22)15-25-20-7-5-18(6-8-20)21(26)27/h1-8,19,24-25,28H,9-13,15H2,(H,26,27). The van der Waals surface area contributed by atoms with Crippen molar-refractivity contribution in [1.82, 2.24) is 5.32 Å². The largest absolute Gasteiger partial charge is 0.478 e. The van der Waals surface area contributed by atoms with E-state index >= 15 is 0 Å². The first-order valence-electron chi connectivity index (χ1n) is 9.49. The minimum atomic E-state index is -0.950. The third kappa shape index (κ3) is 4.89. The Morgan fingerprint density at radius 2 is 1.79 bits per heavy atom. The smallest absolute Gasteiger partial charge is 0.335 e. The number of aromatic carboxylic acids is 1. The molecule has 1 atom stereocenters. The van der Waals surface area contributed by atoms with Crippen LogP contribution in [0.15, 0.2) is 48.5 Å². The SMILES string of the molecule is N#Cc1ccc(CC(CNc2ccc(C(=O)O)cc2)C2(O)CCNCC2)cc1. The lowest BCUT2D eigenvalue weighted by Gasteiger charge is -2.40. The molecule has 1 aliphatic heterocycles. The molecule has 1 unspecified atom stereocenters. The van der Waals surface area contributed by atoms with Crippen LogP contribution in [0.3, 0.4) is 0 Å². The minimum absolute atomic E-state index is 0.0123. The third-order valence-electron chi connectivity index (χ3n) is 5.48. The number of nitrogens with zero attached hydrogens (tertiary/aromatic N) is 1. The van der Waals surface area contributed by atoms with E-state index in [1.54, 1.807) is 36.4 Å². The molecule has 0 bridgehead atoms. The molecule has 1 fully saturated rings. The minimum Gasteiger partial charge on any atom is -0.478 e. The Morgan fingerprint density at radius 1 is 1.14 bits per heavy atom. The van der Waals surface area contributed by atoms with E-state index in [0.717, 1.165) is 24.3 Å². The molecule has 146 valence electrons. The lowest BCUT2D eigenvalue weighted by atomic mass is 9.76. The fraction of sp³-hybridized carbons (Fsp3) is 0.364. The van der Waals surface area contributed by atoms with Gasteiger partial charge in [0.25, 0.3) is 0 Å². The van der Waals surface area contributed by atoms with E-state index in [-0.39, 0.29) is 11.5 Å². The molecule has 2 aromatic carbocycles. The molecule has 1 saturated heterocycles. The second-order valence-corrected chi connectivity index (χ2v) is 7.33. The zero-order valence-corrected chi connectivity index (χ0v) is 15.7. The Hall–Kier alpha value is -2.88. The Morgan fingerprint density at radius 3 is 2.36 bits per heavy atom. The first-order chi connectivity index (χ1) is 13.5. The lowest BCUT2D eigenvalue weighted by molar-refractivity contribution is -0.0391. The number of hydrogen-bond acceptors (Lipinski definition) is 5. The van der Waals surface area contributed by atoms with Crippen molar-refractivity contribution in [3.8, 4) is 6.07 Å². The third-order valence-corrected chi connectivity index (χ3v) is 5.48. The van der Waals surface area contributed by atoms with Crippen LogP contribution in [0.2, 0.25) is 0 Å². The van der Waals surface area contributed by atoms with E-state index in [9.17, 15) is 9.90 Å². The van der Waals surface area contributed by atoms with Crippen LogP contribution in [-0.2, 0) is 6.42 Å². The molecule has 6 heteroatoms. The summed E-state index contributed by atoms with van der Waals surface area (Å²) < 4.78 is 0. The molecule has 3 rings (SSSR count). The van der Waals surface area contributed by atoms with Gasteiger partial charge in [-0.25, -0.2) is 4.79 Å². The van der Waals surface area contributed by atoms with Crippen LogP contribution >= 0.6 is 0 Å². The van der Waals surface area contributed by atoms with Gasteiger partial charge in [0.05, 0.1) is 22.8 Å². The summed E-state index contributed by atoms with van der Waals surface area (Å²) in [6.07, 6.45) is 2.07. The van der Waals surface area contributed by atoms with Gasteiger partial charge in [-0.3, -0.25) is 0 Å². The molecule has 6 nitrogen and oxygen atoms in total. The van der Waals surface area contributed by atoms with Gasteiger partial charge in [-0.2, -0.15) is 5.26 Å². The first kappa shape index (κ1) is 19.9. The molecule has 1 aliphatic rings. The number of anilines is 1. The fourth-order valence-corrected chi connectivity index (χ4v) is 3.69. The van der Waals surface area contributed by atoms with Crippen molar-refractivity contribution in [2.75, 3.05) is 25.0 Å². The molecule has 0 aromatic heterocycles. The molecule has 0 spiro atoms. The highest BCUT2D eigenvalue weighted by Crippen LogP contribution is 2.31. The van der Waals surface area contributed by atoms with Gasteiger partial charge in [-0.15, -0.1) is 0 Å². The highest BCUT2D eigenvalue weighted by molar-refractivity contribution is 5.87. The van der Waals surface area contributed by atoms with Crippen molar-refractivity contribution in [2.24, 2.45) is 5.92 Å². The van der Waals surface area contributed by atoms with Gasteiger partial charge in [0, 0.05) is 18.2 Å². The Balaban J connectivity index is 1.73. The summed E-state index contributed by atoms with van der Waals surface area (Å²) in [6, 6.07) is 16.2. The number of piperidine rings is 1. The van der Waals surface area contributed by atoms with E-state index in [1.165, 1.54) is 0 Å². The van der Waals surface area contributed by atoms with Gasteiger partial charge >= 0.3 is 5.97 Å². The average Bonchev–Trinajstić information content (AvgIpc) is 2.72. The van der Waals surface area contributed by atoms with Crippen LogP contribution in [0.1, 0.15) is 34.3 Å². The van der Waals surface area contributed by atoms with Crippen molar-refractivity contribution in [3.63, 3.8) is 0 Å². The van der Waals surface area contributed by atoms with Crippen LogP contribution in [0.4, 0.5) is 5.69 Å². The molecular weight excluding hydrogens is 354 g/mol.